The lowest BCUT2D eigenvalue weighted by molar-refractivity contribution is -0.183. The van der Waals surface area contributed by atoms with Crippen molar-refractivity contribution in [2.75, 3.05) is 20.8 Å². The van der Waals surface area contributed by atoms with E-state index in [1.807, 2.05) is 6.92 Å². The molecule has 0 bridgehead atoms. The summed E-state index contributed by atoms with van der Waals surface area (Å²) in [6.45, 7) is 5.16. The Morgan fingerprint density at radius 3 is 2.33 bits per heavy atom. The van der Waals surface area contributed by atoms with E-state index in [4.69, 9.17) is 23.1 Å². The molecule has 1 aromatic carbocycles. The van der Waals surface area contributed by atoms with E-state index in [2.05, 4.69) is 0 Å². The molecule has 0 spiro atoms. The molecule has 1 aliphatic heterocycles. The zero-order chi connectivity index (χ0) is 18.0. The minimum absolute atomic E-state index is 0.0927. The van der Waals surface area contributed by atoms with Gasteiger partial charge in [0.1, 0.15) is 12.2 Å². The summed E-state index contributed by atoms with van der Waals surface area (Å²) in [4.78, 5) is 0.0927. The first kappa shape index (κ1) is 19.3. The number of benzene rings is 1. The van der Waals surface area contributed by atoms with Crippen LogP contribution >= 0.6 is 0 Å². The number of hydrogen-bond donors (Lipinski definition) is 0. The first-order valence-electron chi connectivity index (χ1n) is 7.56. The van der Waals surface area contributed by atoms with Gasteiger partial charge in [0.05, 0.1) is 11.5 Å². The largest absolute Gasteiger partial charge is 0.376 e. The maximum Gasteiger partial charge on any atom is 0.297 e. The zero-order valence-corrected chi connectivity index (χ0v) is 15.3. The Morgan fingerprint density at radius 1 is 1.17 bits per heavy atom. The molecule has 24 heavy (non-hydrogen) atoms. The maximum atomic E-state index is 12.3. The standard InChI is InChI=1S/C16H24O7S/c1-11-6-8-12(9-7-11)24(17,18)21-10-13(19-4)14-15(20-5)23-16(2,3)22-14/h6-9,13-15H,10H2,1-5H3. The molecular formula is C16H24O7S. The lowest BCUT2D eigenvalue weighted by Gasteiger charge is -2.24. The van der Waals surface area contributed by atoms with Gasteiger partial charge in [0.2, 0.25) is 0 Å². The Balaban J connectivity index is 2.06. The van der Waals surface area contributed by atoms with E-state index in [1.54, 1.807) is 26.0 Å². The van der Waals surface area contributed by atoms with E-state index >= 15 is 0 Å². The highest BCUT2D eigenvalue weighted by molar-refractivity contribution is 7.86. The van der Waals surface area contributed by atoms with Crippen molar-refractivity contribution in [3.05, 3.63) is 29.8 Å². The van der Waals surface area contributed by atoms with E-state index in [1.165, 1.54) is 26.4 Å². The van der Waals surface area contributed by atoms with Gasteiger partial charge in [0, 0.05) is 14.2 Å². The van der Waals surface area contributed by atoms with Gasteiger partial charge in [-0.2, -0.15) is 8.42 Å². The fourth-order valence-corrected chi connectivity index (χ4v) is 3.34. The van der Waals surface area contributed by atoms with Gasteiger partial charge in [0.15, 0.2) is 12.1 Å². The number of aryl methyl sites for hydroxylation is 1. The van der Waals surface area contributed by atoms with Gasteiger partial charge in [-0.1, -0.05) is 17.7 Å². The van der Waals surface area contributed by atoms with Crippen molar-refractivity contribution in [1.29, 1.82) is 0 Å². The Labute approximate surface area is 142 Å². The van der Waals surface area contributed by atoms with Crippen LogP contribution in [0, 0.1) is 6.92 Å². The van der Waals surface area contributed by atoms with Crippen molar-refractivity contribution < 1.29 is 31.5 Å². The zero-order valence-electron chi connectivity index (χ0n) is 14.5. The van der Waals surface area contributed by atoms with Gasteiger partial charge < -0.3 is 18.9 Å². The Hall–Kier alpha value is -1.03. The third kappa shape index (κ3) is 4.53. The molecule has 0 aromatic heterocycles. The van der Waals surface area contributed by atoms with Crippen molar-refractivity contribution in [2.45, 2.75) is 50.0 Å². The molecule has 0 N–H and O–H groups in total. The molecule has 3 unspecified atom stereocenters. The van der Waals surface area contributed by atoms with Crippen LogP contribution in [0.2, 0.25) is 0 Å². The molecule has 0 radical (unpaired) electrons. The average molecular weight is 360 g/mol. The molecule has 7 nitrogen and oxygen atoms in total. The molecule has 0 amide bonds. The van der Waals surface area contributed by atoms with Gasteiger partial charge >= 0.3 is 0 Å². The predicted octanol–water partition coefficient (Wildman–Crippen LogP) is 1.84. The summed E-state index contributed by atoms with van der Waals surface area (Å²) in [6.07, 6.45) is -1.95. The van der Waals surface area contributed by atoms with Crippen molar-refractivity contribution >= 4 is 10.1 Å². The van der Waals surface area contributed by atoms with Crippen LogP contribution in [0.5, 0.6) is 0 Å². The maximum absolute atomic E-state index is 12.3. The molecule has 136 valence electrons. The minimum Gasteiger partial charge on any atom is -0.376 e. The van der Waals surface area contributed by atoms with Crippen LogP contribution in [0.1, 0.15) is 19.4 Å². The van der Waals surface area contributed by atoms with Gasteiger partial charge in [-0.3, -0.25) is 4.18 Å². The normalized spacial score (nSPS) is 24.9. The fourth-order valence-electron chi connectivity index (χ4n) is 2.42. The van der Waals surface area contributed by atoms with Crippen molar-refractivity contribution in [3.63, 3.8) is 0 Å². The second-order valence-electron chi connectivity index (χ2n) is 6.03. The van der Waals surface area contributed by atoms with Gasteiger partial charge in [-0.25, -0.2) is 0 Å². The molecule has 0 saturated carbocycles. The molecule has 1 fully saturated rings. The predicted molar refractivity (Wildman–Crippen MR) is 85.9 cm³/mol. The fraction of sp³-hybridized carbons (Fsp3) is 0.625. The first-order chi connectivity index (χ1) is 11.2. The molecule has 2 rings (SSSR count). The number of rotatable bonds is 7. The molecule has 3 atom stereocenters. The highest BCUT2D eigenvalue weighted by Gasteiger charge is 2.46. The molecule has 0 aliphatic carbocycles. The summed E-state index contributed by atoms with van der Waals surface area (Å²) >= 11 is 0. The van der Waals surface area contributed by atoms with Crippen LogP contribution in [0.15, 0.2) is 29.2 Å². The van der Waals surface area contributed by atoms with Gasteiger partial charge in [-0.15, -0.1) is 0 Å². The summed E-state index contributed by atoms with van der Waals surface area (Å²) in [5.41, 5.74) is 0.963. The van der Waals surface area contributed by atoms with E-state index < -0.39 is 34.4 Å². The summed E-state index contributed by atoms with van der Waals surface area (Å²) < 4.78 is 51.6. The smallest absolute Gasteiger partial charge is 0.297 e. The third-order valence-corrected chi connectivity index (χ3v) is 4.98. The van der Waals surface area contributed by atoms with Crippen molar-refractivity contribution in [1.82, 2.24) is 0 Å². The van der Waals surface area contributed by atoms with Gasteiger partial charge in [0.25, 0.3) is 10.1 Å². The summed E-state index contributed by atoms with van der Waals surface area (Å²) in [5, 5.41) is 0. The molecule has 1 aromatic rings. The highest BCUT2D eigenvalue weighted by atomic mass is 32.2. The first-order valence-corrected chi connectivity index (χ1v) is 8.96. The quantitative estimate of drug-likeness (QED) is 0.686. The molecular weight excluding hydrogens is 336 g/mol. The SMILES string of the molecule is COC(COS(=O)(=O)c1ccc(C)cc1)C1OC(C)(C)OC1OC. The topological polar surface area (TPSA) is 80.3 Å². The lowest BCUT2D eigenvalue weighted by atomic mass is 10.2. The monoisotopic (exact) mass is 360 g/mol. The van der Waals surface area contributed by atoms with Crippen LogP contribution in [0.3, 0.4) is 0 Å². The molecule has 1 saturated heterocycles. The second-order valence-corrected chi connectivity index (χ2v) is 7.65. The second kappa shape index (κ2) is 7.47. The average Bonchev–Trinajstić information content (AvgIpc) is 2.83. The van der Waals surface area contributed by atoms with Crippen molar-refractivity contribution in [2.24, 2.45) is 0 Å². The third-order valence-electron chi connectivity index (χ3n) is 3.69. The van der Waals surface area contributed by atoms with E-state index in [0.29, 0.717) is 0 Å². The van der Waals surface area contributed by atoms with Gasteiger partial charge in [-0.05, 0) is 32.9 Å². The highest BCUT2D eigenvalue weighted by Crippen LogP contribution is 2.31. The Kier molecular flexibility index (Phi) is 6.00. The lowest BCUT2D eigenvalue weighted by Crippen LogP contribution is -2.41. The summed E-state index contributed by atoms with van der Waals surface area (Å²) in [6, 6.07) is 6.42. The van der Waals surface area contributed by atoms with Crippen LogP contribution in [-0.4, -0.2) is 53.5 Å². The van der Waals surface area contributed by atoms with Crippen LogP contribution < -0.4 is 0 Å². The van der Waals surface area contributed by atoms with E-state index in [9.17, 15) is 8.42 Å². The van der Waals surface area contributed by atoms with Crippen LogP contribution in [0.25, 0.3) is 0 Å². The number of ether oxygens (including phenoxy) is 4. The number of hydrogen-bond acceptors (Lipinski definition) is 7. The molecule has 8 heteroatoms. The number of methoxy groups -OCH3 is 2. The van der Waals surface area contributed by atoms with E-state index in [-0.39, 0.29) is 11.5 Å². The minimum atomic E-state index is -3.88. The summed E-state index contributed by atoms with van der Waals surface area (Å²) in [5.74, 6) is -0.849. The molecule has 1 aliphatic rings. The summed E-state index contributed by atoms with van der Waals surface area (Å²) in [7, 11) is -0.944. The molecule has 1 heterocycles. The Morgan fingerprint density at radius 2 is 1.79 bits per heavy atom. The van der Waals surface area contributed by atoms with E-state index in [0.717, 1.165) is 5.56 Å². The van der Waals surface area contributed by atoms with Crippen molar-refractivity contribution in [3.8, 4) is 0 Å². The van der Waals surface area contributed by atoms with Crippen LogP contribution in [0.4, 0.5) is 0 Å². The Bertz CT molecular complexity index is 639. The van der Waals surface area contributed by atoms with Crippen LogP contribution in [-0.2, 0) is 33.2 Å².